The van der Waals surface area contributed by atoms with E-state index in [1.54, 1.807) is 29.2 Å². The third-order valence-electron chi connectivity index (χ3n) is 8.03. The minimum atomic E-state index is -0.834. The summed E-state index contributed by atoms with van der Waals surface area (Å²) in [6, 6.07) is 23.2. The number of hydrogen-bond acceptors (Lipinski definition) is 5. The summed E-state index contributed by atoms with van der Waals surface area (Å²) in [5.41, 5.74) is 3.63. The number of aromatic nitrogens is 1. The Morgan fingerprint density at radius 1 is 0.923 bits per heavy atom. The molecule has 1 saturated carbocycles. The molecule has 0 radical (unpaired) electrons. The molecule has 0 N–H and O–H groups in total. The minimum absolute atomic E-state index is 0.0228. The van der Waals surface area contributed by atoms with Crippen molar-refractivity contribution >= 4 is 34.5 Å². The Bertz CT molecular complexity index is 1470. The molecule has 1 aromatic heterocycles. The summed E-state index contributed by atoms with van der Waals surface area (Å²) in [7, 11) is 0. The number of rotatable bonds is 6. The van der Waals surface area contributed by atoms with E-state index in [2.05, 4.69) is 4.98 Å². The van der Waals surface area contributed by atoms with Gasteiger partial charge >= 0.3 is 0 Å². The van der Waals surface area contributed by atoms with Gasteiger partial charge in [0.05, 0.1) is 18.2 Å². The van der Waals surface area contributed by atoms with Gasteiger partial charge in [-0.05, 0) is 61.7 Å². The van der Waals surface area contributed by atoms with Crippen molar-refractivity contribution in [3.8, 4) is 11.5 Å². The Morgan fingerprint density at radius 3 is 2.33 bits per heavy atom. The number of nitrogens with zero attached hydrogens (tertiary/aromatic N) is 3. The Labute approximate surface area is 227 Å². The molecular formula is C32H31N3O4. The van der Waals surface area contributed by atoms with Crippen molar-refractivity contribution < 1.29 is 18.8 Å². The van der Waals surface area contributed by atoms with Crippen molar-refractivity contribution in [2.45, 2.75) is 57.5 Å². The molecule has 2 heterocycles. The predicted molar refractivity (Wildman–Crippen MR) is 149 cm³/mol. The molecule has 0 bridgehead atoms. The van der Waals surface area contributed by atoms with Crippen LogP contribution in [-0.4, -0.2) is 33.6 Å². The van der Waals surface area contributed by atoms with Gasteiger partial charge in [0.25, 0.3) is 5.91 Å². The molecule has 1 aliphatic carbocycles. The molecule has 2 unspecified atom stereocenters. The van der Waals surface area contributed by atoms with Crippen LogP contribution >= 0.6 is 0 Å². The van der Waals surface area contributed by atoms with E-state index in [0.29, 0.717) is 17.2 Å². The number of benzene rings is 3. The minimum Gasteiger partial charge on any atom is -0.436 e. The number of oxazole rings is 1. The van der Waals surface area contributed by atoms with Crippen molar-refractivity contribution in [3.63, 3.8) is 0 Å². The topological polar surface area (TPSA) is 83.7 Å². The summed E-state index contributed by atoms with van der Waals surface area (Å²) in [6.07, 6.45) is 4.78. The van der Waals surface area contributed by atoms with Crippen LogP contribution in [0.3, 0.4) is 0 Å². The first-order valence-corrected chi connectivity index (χ1v) is 13.7. The molecule has 2 aliphatic rings. The van der Waals surface area contributed by atoms with Gasteiger partial charge in [0.15, 0.2) is 5.58 Å². The lowest BCUT2D eigenvalue weighted by Crippen LogP contribution is -2.49. The Hall–Kier alpha value is -4.26. The highest BCUT2D eigenvalue weighted by Gasteiger charge is 2.47. The fraction of sp³-hybridized carbons (Fsp3) is 0.312. The zero-order valence-corrected chi connectivity index (χ0v) is 22.0. The number of fused-ring (bicyclic) bond motifs is 1. The number of hydrogen-bond donors (Lipinski definition) is 0. The number of amides is 3. The van der Waals surface area contributed by atoms with Crippen molar-refractivity contribution in [1.82, 2.24) is 9.88 Å². The third kappa shape index (κ3) is 4.73. The van der Waals surface area contributed by atoms with Crippen LogP contribution in [0.2, 0.25) is 0 Å². The lowest BCUT2D eigenvalue weighted by Gasteiger charge is -2.37. The summed E-state index contributed by atoms with van der Waals surface area (Å²) in [5.74, 6) is -0.327. The SMILES string of the molecule is CC(c1ccccc1)N(C(=O)C1CCCCC1)C1CC(=O)N(c2ccc(-c3nc4ccccc4o3)cc2)C1=O. The average Bonchev–Trinajstić information content (AvgIpc) is 3.54. The van der Waals surface area contributed by atoms with E-state index in [1.807, 2.05) is 61.5 Å². The lowest BCUT2D eigenvalue weighted by atomic mass is 9.87. The highest BCUT2D eigenvalue weighted by molar-refractivity contribution is 6.23. The predicted octanol–water partition coefficient (Wildman–Crippen LogP) is 6.30. The van der Waals surface area contributed by atoms with Gasteiger partial charge in [-0.3, -0.25) is 14.4 Å². The van der Waals surface area contributed by atoms with Crippen LogP contribution in [-0.2, 0) is 14.4 Å². The Balaban J connectivity index is 1.28. The molecule has 198 valence electrons. The number of carbonyl (C=O) groups is 3. The maximum atomic E-state index is 13.9. The van der Waals surface area contributed by atoms with E-state index in [1.165, 1.54) is 4.90 Å². The maximum Gasteiger partial charge on any atom is 0.257 e. The maximum absolute atomic E-state index is 13.9. The van der Waals surface area contributed by atoms with Gasteiger partial charge in [0.1, 0.15) is 11.6 Å². The van der Waals surface area contributed by atoms with Crippen molar-refractivity contribution in [1.29, 1.82) is 0 Å². The van der Waals surface area contributed by atoms with Gasteiger partial charge in [-0.1, -0.05) is 61.7 Å². The summed E-state index contributed by atoms with van der Waals surface area (Å²) in [5, 5.41) is 0. The molecular weight excluding hydrogens is 490 g/mol. The largest absolute Gasteiger partial charge is 0.436 e. The molecule has 0 spiro atoms. The molecule has 3 aromatic carbocycles. The zero-order valence-electron chi connectivity index (χ0n) is 22.0. The van der Waals surface area contributed by atoms with Crippen LogP contribution in [0.5, 0.6) is 0 Å². The van der Waals surface area contributed by atoms with Crippen LogP contribution in [0.4, 0.5) is 5.69 Å². The van der Waals surface area contributed by atoms with Gasteiger partial charge < -0.3 is 9.32 Å². The van der Waals surface area contributed by atoms with Gasteiger partial charge in [0, 0.05) is 11.5 Å². The summed E-state index contributed by atoms with van der Waals surface area (Å²) in [6.45, 7) is 1.95. The average molecular weight is 522 g/mol. The molecule has 1 saturated heterocycles. The van der Waals surface area contributed by atoms with E-state index >= 15 is 0 Å². The second-order valence-electron chi connectivity index (χ2n) is 10.5. The van der Waals surface area contributed by atoms with Crippen molar-refractivity contribution in [3.05, 3.63) is 84.4 Å². The highest BCUT2D eigenvalue weighted by Crippen LogP contribution is 2.36. The van der Waals surface area contributed by atoms with Gasteiger partial charge in [-0.25, -0.2) is 9.88 Å². The fourth-order valence-electron chi connectivity index (χ4n) is 5.92. The van der Waals surface area contributed by atoms with E-state index in [0.717, 1.165) is 48.7 Å². The molecule has 3 amide bonds. The van der Waals surface area contributed by atoms with E-state index in [9.17, 15) is 14.4 Å². The number of anilines is 1. The normalized spacial score (nSPS) is 19.0. The highest BCUT2D eigenvalue weighted by atomic mass is 16.3. The van der Waals surface area contributed by atoms with E-state index < -0.39 is 6.04 Å². The lowest BCUT2D eigenvalue weighted by molar-refractivity contribution is -0.145. The smallest absolute Gasteiger partial charge is 0.257 e. The zero-order chi connectivity index (χ0) is 26.9. The number of carbonyl (C=O) groups excluding carboxylic acids is 3. The Kier molecular flexibility index (Phi) is 6.73. The van der Waals surface area contributed by atoms with Crippen LogP contribution in [0.25, 0.3) is 22.6 Å². The van der Waals surface area contributed by atoms with Crippen molar-refractivity contribution in [2.75, 3.05) is 4.90 Å². The summed E-state index contributed by atoms with van der Waals surface area (Å²) in [4.78, 5) is 48.4. The van der Waals surface area contributed by atoms with Crippen LogP contribution in [0.1, 0.15) is 57.1 Å². The second kappa shape index (κ2) is 10.5. The van der Waals surface area contributed by atoms with E-state index in [-0.39, 0.29) is 36.1 Å². The van der Waals surface area contributed by atoms with E-state index in [4.69, 9.17) is 4.42 Å². The third-order valence-corrected chi connectivity index (χ3v) is 8.03. The second-order valence-corrected chi connectivity index (χ2v) is 10.5. The molecule has 4 aromatic rings. The summed E-state index contributed by atoms with van der Waals surface area (Å²) < 4.78 is 5.86. The molecule has 7 heteroatoms. The summed E-state index contributed by atoms with van der Waals surface area (Å²) >= 11 is 0. The number of imide groups is 1. The van der Waals surface area contributed by atoms with Gasteiger partial charge in [-0.15, -0.1) is 0 Å². The van der Waals surface area contributed by atoms with Crippen LogP contribution in [0.15, 0.2) is 83.3 Å². The first-order chi connectivity index (χ1) is 19.0. The number of para-hydroxylation sites is 2. The van der Waals surface area contributed by atoms with Crippen molar-refractivity contribution in [2.24, 2.45) is 5.92 Å². The standard InChI is InChI=1S/C32H31N3O4/c1-21(22-10-4-2-5-11-22)34(31(37)24-12-6-3-7-13-24)27-20-29(36)35(32(27)38)25-18-16-23(17-19-25)30-33-26-14-8-9-15-28(26)39-30/h2,4-5,8-11,14-19,21,24,27H,3,6-7,12-13,20H2,1H3. The Morgan fingerprint density at radius 2 is 1.62 bits per heavy atom. The van der Waals surface area contributed by atoms with Crippen LogP contribution < -0.4 is 4.90 Å². The van der Waals surface area contributed by atoms with Gasteiger partial charge in [0.2, 0.25) is 17.7 Å². The van der Waals surface area contributed by atoms with Crippen LogP contribution in [0, 0.1) is 5.92 Å². The fourth-order valence-corrected chi connectivity index (χ4v) is 5.92. The molecule has 39 heavy (non-hydrogen) atoms. The molecule has 2 atom stereocenters. The quantitative estimate of drug-likeness (QED) is 0.278. The monoisotopic (exact) mass is 521 g/mol. The molecule has 1 aliphatic heterocycles. The first kappa shape index (κ1) is 25.0. The van der Waals surface area contributed by atoms with Gasteiger partial charge in [-0.2, -0.15) is 0 Å². The molecule has 2 fully saturated rings. The first-order valence-electron chi connectivity index (χ1n) is 13.7. The molecule has 6 rings (SSSR count). The molecule has 7 nitrogen and oxygen atoms in total.